The molecule has 0 radical (unpaired) electrons. The predicted molar refractivity (Wildman–Crippen MR) is 168 cm³/mol. The Morgan fingerprint density at radius 2 is 1.18 bits per heavy atom. The molecule has 0 fully saturated rings. The van der Waals surface area contributed by atoms with E-state index in [2.05, 4.69) is 25.3 Å². The topological polar surface area (TPSA) is 101 Å². The third-order valence-corrected chi connectivity index (χ3v) is 8.23. The maximum atomic E-state index is 13.2. The van der Waals surface area contributed by atoms with Gasteiger partial charge in [-0.15, -0.1) is 0 Å². The third kappa shape index (κ3) is 5.32. The molecule has 2 amide bonds. The van der Waals surface area contributed by atoms with Gasteiger partial charge >= 0.3 is 0 Å². The predicted octanol–water partition coefficient (Wildman–Crippen LogP) is 7.06. The van der Waals surface area contributed by atoms with Gasteiger partial charge in [0.1, 0.15) is 17.5 Å². The first-order chi connectivity index (χ1) is 21.4. The minimum absolute atomic E-state index is 0.0273. The summed E-state index contributed by atoms with van der Waals surface area (Å²) in [6.07, 6.45) is 6.72. The molecule has 1 N–H and O–H groups in total. The second kappa shape index (κ2) is 11.0. The highest BCUT2D eigenvalue weighted by Gasteiger charge is 2.45. The van der Waals surface area contributed by atoms with Gasteiger partial charge in [-0.05, 0) is 95.3 Å². The van der Waals surface area contributed by atoms with Crippen molar-refractivity contribution < 1.29 is 18.4 Å². The number of pyridine rings is 2. The minimum Gasteiger partial charge on any atom is -0.325 e. The highest BCUT2D eigenvalue weighted by molar-refractivity contribution is 6.12. The quantitative estimate of drug-likeness (QED) is 0.237. The number of carbonyl (C=O) groups is 2. The summed E-state index contributed by atoms with van der Waals surface area (Å²) in [5.41, 5.74) is 5.63. The molecule has 8 nitrogen and oxygen atoms in total. The zero-order valence-corrected chi connectivity index (χ0v) is 25.4. The molecule has 0 saturated heterocycles. The van der Waals surface area contributed by atoms with Crippen LogP contribution < -0.4 is 10.2 Å². The first-order valence-electron chi connectivity index (χ1n) is 14.3. The molecule has 5 heterocycles. The number of rotatable bonds is 3. The van der Waals surface area contributed by atoms with E-state index in [-0.39, 0.29) is 23.4 Å². The summed E-state index contributed by atoms with van der Waals surface area (Å²) < 4.78 is 26.1. The van der Waals surface area contributed by atoms with E-state index in [0.717, 1.165) is 39.3 Å². The molecule has 5 aromatic rings. The van der Waals surface area contributed by atoms with Gasteiger partial charge in [0.15, 0.2) is 0 Å². The Morgan fingerprint density at radius 1 is 0.667 bits per heavy atom. The van der Waals surface area contributed by atoms with Gasteiger partial charge in [-0.3, -0.25) is 24.5 Å². The SMILES string of the molecule is CC1(C)C(=O)Nc2cc(-c3ccc(F)cc3)ncc21.Cc1ncc(N2C(=O)C(C)(C)c3cnc(-c4ccc(F)cc4)cc32)cn1. The fourth-order valence-electron chi connectivity index (χ4n) is 5.39. The number of nitrogens with zero attached hydrogens (tertiary/aromatic N) is 5. The van der Waals surface area contributed by atoms with Crippen LogP contribution in [0.2, 0.25) is 0 Å². The lowest BCUT2D eigenvalue weighted by atomic mass is 9.87. The Labute approximate surface area is 259 Å². The van der Waals surface area contributed by atoms with Crippen LogP contribution in [0.5, 0.6) is 0 Å². The number of fused-ring (bicyclic) bond motifs is 2. The fraction of sp³-hybridized carbons (Fsp3) is 0.200. The van der Waals surface area contributed by atoms with E-state index in [1.54, 1.807) is 60.9 Å². The van der Waals surface area contributed by atoms with Crippen LogP contribution in [-0.4, -0.2) is 31.8 Å². The third-order valence-electron chi connectivity index (χ3n) is 8.23. The van der Waals surface area contributed by atoms with E-state index in [9.17, 15) is 18.4 Å². The molecule has 45 heavy (non-hydrogen) atoms. The second-order valence-corrected chi connectivity index (χ2v) is 12.0. The van der Waals surface area contributed by atoms with Crippen LogP contribution in [0, 0.1) is 18.6 Å². The summed E-state index contributed by atoms with van der Waals surface area (Å²) in [6.45, 7) is 9.29. The molecule has 2 aromatic carbocycles. The Bertz CT molecular complexity index is 1940. The molecule has 0 saturated carbocycles. The number of carbonyl (C=O) groups excluding carboxylic acids is 2. The Hall–Kier alpha value is -5.38. The number of aromatic nitrogens is 4. The summed E-state index contributed by atoms with van der Waals surface area (Å²) >= 11 is 0. The first kappa shape index (κ1) is 29.7. The minimum atomic E-state index is -0.700. The number of hydrogen-bond acceptors (Lipinski definition) is 6. The van der Waals surface area contributed by atoms with E-state index >= 15 is 0 Å². The first-order valence-corrected chi connectivity index (χ1v) is 14.3. The van der Waals surface area contributed by atoms with E-state index in [0.29, 0.717) is 17.2 Å². The highest BCUT2D eigenvalue weighted by atomic mass is 19.1. The summed E-state index contributed by atoms with van der Waals surface area (Å²) in [5, 5.41) is 2.86. The monoisotopic (exact) mass is 604 g/mol. The summed E-state index contributed by atoms with van der Waals surface area (Å²) in [7, 11) is 0. The van der Waals surface area contributed by atoms with Crippen molar-refractivity contribution in [2.45, 2.75) is 45.4 Å². The van der Waals surface area contributed by atoms with Gasteiger partial charge in [-0.25, -0.2) is 18.7 Å². The average molecular weight is 605 g/mol. The standard InChI is InChI=1S/C20H17FN4O.C15H13FN2O/c1-12-22-9-15(10-23-12)25-18-8-17(13-4-6-14(21)7-5-13)24-11-16(18)20(2,3)19(25)26;1-15(2)11-8-17-12(7-13(11)18-14(15)19)9-3-5-10(16)6-4-9/h4-11H,1-3H3;3-8H,1-2H3,(H,18,19). The molecule has 2 aliphatic heterocycles. The van der Waals surface area contributed by atoms with Gasteiger partial charge in [0.2, 0.25) is 11.8 Å². The van der Waals surface area contributed by atoms with Crippen molar-refractivity contribution in [3.05, 3.63) is 114 Å². The van der Waals surface area contributed by atoms with Crippen molar-refractivity contribution in [2.24, 2.45) is 0 Å². The number of anilines is 3. The summed E-state index contributed by atoms with van der Waals surface area (Å²) in [4.78, 5) is 43.8. The van der Waals surface area contributed by atoms with Crippen molar-refractivity contribution in [1.29, 1.82) is 0 Å². The molecule has 0 aliphatic carbocycles. The molecular weight excluding hydrogens is 574 g/mol. The number of nitrogens with one attached hydrogen (secondary N) is 1. The second-order valence-electron chi connectivity index (χ2n) is 12.0. The molecule has 3 aromatic heterocycles. The number of benzene rings is 2. The van der Waals surface area contributed by atoms with Gasteiger partial charge in [-0.1, -0.05) is 0 Å². The zero-order chi connectivity index (χ0) is 32.1. The normalized spacial score (nSPS) is 15.6. The van der Waals surface area contributed by atoms with E-state index in [4.69, 9.17) is 0 Å². The largest absolute Gasteiger partial charge is 0.325 e. The average Bonchev–Trinajstić information content (AvgIpc) is 3.37. The van der Waals surface area contributed by atoms with E-state index in [1.165, 1.54) is 24.3 Å². The summed E-state index contributed by atoms with van der Waals surface area (Å²) in [6, 6.07) is 16.0. The molecule has 7 rings (SSSR count). The van der Waals surface area contributed by atoms with E-state index in [1.807, 2.05) is 39.8 Å². The van der Waals surface area contributed by atoms with Crippen molar-refractivity contribution in [3.63, 3.8) is 0 Å². The highest BCUT2D eigenvalue weighted by Crippen LogP contribution is 2.46. The molecule has 2 aliphatic rings. The van der Waals surface area contributed by atoms with Crippen LogP contribution in [0.3, 0.4) is 0 Å². The van der Waals surface area contributed by atoms with Crippen molar-refractivity contribution in [1.82, 2.24) is 19.9 Å². The smallest absolute Gasteiger partial charge is 0.241 e. The van der Waals surface area contributed by atoms with Gasteiger partial charge < -0.3 is 5.32 Å². The molecular formula is C35H30F2N6O2. The Morgan fingerprint density at radius 3 is 1.73 bits per heavy atom. The number of hydrogen-bond donors (Lipinski definition) is 1. The lowest BCUT2D eigenvalue weighted by molar-refractivity contribution is -0.121. The lowest BCUT2D eigenvalue weighted by Crippen LogP contribution is -2.33. The van der Waals surface area contributed by atoms with Gasteiger partial charge in [0, 0.05) is 40.3 Å². The van der Waals surface area contributed by atoms with Crippen molar-refractivity contribution in [2.75, 3.05) is 10.2 Å². The van der Waals surface area contributed by atoms with Crippen LogP contribution in [0.15, 0.2) is 85.5 Å². The molecule has 0 unspecified atom stereocenters. The van der Waals surface area contributed by atoms with Gasteiger partial charge in [-0.2, -0.15) is 0 Å². The van der Waals surface area contributed by atoms with Gasteiger partial charge in [0.25, 0.3) is 0 Å². The number of amides is 2. The fourth-order valence-corrected chi connectivity index (χ4v) is 5.39. The molecule has 226 valence electrons. The van der Waals surface area contributed by atoms with Crippen LogP contribution in [0.4, 0.5) is 25.8 Å². The van der Waals surface area contributed by atoms with Crippen molar-refractivity contribution >= 4 is 28.9 Å². The number of halogens is 2. The maximum absolute atomic E-state index is 13.2. The van der Waals surface area contributed by atoms with E-state index < -0.39 is 10.8 Å². The van der Waals surface area contributed by atoms with Crippen LogP contribution in [0.1, 0.15) is 44.6 Å². The molecule has 0 atom stereocenters. The lowest BCUT2D eigenvalue weighted by Gasteiger charge is -2.19. The molecule has 10 heteroatoms. The van der Waals surface area contributed by atoms with Crippen molar-refractivity contribution in [3.8, 4) is 22.5 Å². The molecule has 0 spiro atoms. The maximum Gasteiger partial charge on any atom is 0.241 e. The zero-order valence-electron chi connectivity index (χ0n) is 25.4. The molecule has 0 bridgehead atoms. The number of aryl methyl sites for hydroxylation is 1. The summed E-state index contributed by atoms with van der Waals surface area (Å²) in [5.74, 6) is -0.0239. The van der Waals surface area contributed by atoms with Gasteiger partial charge in [0.05, 0.1) is 46.0 Å². The van der Waals surface area contributed by atoms with Crippen LogP contribution >= 0.6 is 0 Å². The van der Waals surface area contributed by atoms with Crippen LogP contribution in [0.25, 0.3) is 22.5 Å². The van der Waals surface area contributed by atoms with Crippen LogP contribution in [-0.2, 0) is 20.4 Å². The Kier molecular flexibility index (Phi) is 7.23. The Balaban J connectivity index is 0.000000167.